The SMILES string of the molecule is CCCNCC1CC1(C)c1ccc(CC(C)C)cc1. The third kappa shape index (κ3) is 3.60. The summed E-state index contributed by atoms with van der Waals surface area (Å²) in [6.45, 7) is 11.5. The molecular weight excluding hydrogens is 230 g/mol. The zero-order valence-corrected chi connectivity index (χ0v) is 13.0. The van der Waals surface area contributed by atoms with Gasteiger partial charge in [-0.3, -0.25) is 0 Å². The second-order valence-corrected chi connectivity index (χ2v) is 6.82. The molecule has 0 radical (unpaired) electrons. The normalized spacial score (nSPS) is 25.8. The van der Waals surface area contributed by atoms with E-state index in [1.165, 1.54) is 36.9 Å². The van der Waals surface area contributed by atoms with E-state index >= 15 is 0 Å². The minimum absolute atomic E-state index is 0.428. The second-order valence-electron chi connectivity index (χ2n) is 6.82. The summed E-state index contributed by atoms with van der Waals surface area (Å²) >= 11 is 0. The summed E-state index contributed by atoms with van der Waals surface area (Å²) in [4.78, 5) is 0. The predicted molar refractivity (Wildman–Crippen MR) is 83.6 cm³/mol. The van der Waals surface area contributed by atoms with Gasteiger partial charge in [0.15, 0.2) is 0 Å². The quantitative estimate of drug-likeness (QED) is 0.725. The molecular formula is C18H29N. The van der Waals surface area contributed by atoms with Gasteiger partial charge in [-0.15, -0.1) is 0 Å². The molecule has 19 heavy (non-hydrogen) atoms. The van der Waals surface area contributed by atoms with E-state index in [1.807, 2.05) is 0 Å². The first kappa shape index (κ1) is 14.6. The Kier molecular flexibility index (Phi) is 4.67. The molecule has 1 fully saturated rings. The molecule has 1 N–H and O–H groups in total. The molecule has 1 nitrogen and oxygen atoms in total. The number of hydrogen-bond donors (Lipinski definition) is 1. The Morgan fingerprint density at radius 1 is 1.26 bits per heavy atom. The summed E-state index contributed by atoms with van der Waals surface area (Å²) < 4.78 is 0. The number of benzene rings is 1. The molecule has 0 saturated heterocycles. The van der Waals surface area contributed by atoms with Gasteiger partial charge in [-0.05, 0) is 60.7 Å². The summed E-state index contributed by atoms with van der Waals surface area (Å²) in [7, 11) is 0. The molecule has 1 aromatic carbocycles. The fraction of sp³-hybridized carbons (Fsp3) is 0.667. The maximum Gasteiger partial charge on any atom is -0.00118 e. The van der Waals surface area contributed by atoms with Gasteiger partial charge in [0, 0.05) is 0 Å². The van der Waals surface area contributed by atoms with Crippen LogP contribution in [0.5, 0.6) is 0 Å². The van der Waals surface area contributed by atoms with Gasteiger partial charge in [-0.1, -0.05) is 52.0 Å². The Hall–Kier alpha value is -0.820. The van der Waals surface area contributed by atoms with Crippen LogP contribution in [-0.2, 0) is 11.8 Å². The summed E-state index contributed by atoms with van der Waals surface area (Å²) in [6, 6.07) is 9.37. The average molecular weight is 259 g/mol. The lowest BCUT2D eigenvalue weighted by Gasteiger charge is -2.14. The number of rotatable bonds is 7. The van der Waals surface area contributed by atoms with Crippen molar-refractivity contribution in [1.29, 1.82) is 0 Å². The van der Waals surface area contributed by atoms with Crippen molar-refractivity contribution in [1.82, 2.24) is 5.32 Å². The summed E-state index contributed by atoms with van der Waals surface area (Å²) in [5, 5.41) is 3.56. The Labute approximate surface area is 118 Å². The van der Waals surface area contributed by atoms with Gasteiger partial charge in [0.25, 0.3) is 0 Å². The molecule has 2 rings (SSSR count). The lowest BCUT2D eigenvalue weighted by atomic mass is 9.93. The Balaban J connectivity index is 1.92. The molecule has 1 saturated carbocycles. The van der Waals surface area contributed by atoms with Crippen LogP contribution < -0.4 is 5.32 Å². The van der Waals surface area contributed by atoms with Crippen LogP contribution in [0.1, 0.15) is 51.7 Å². The maximum absolute atomic E-state index is 3.56. The summed E-state index contributed by atoms with van der Waals surface area (Å²) in [5.74, 6) is 1.57. The predicted octanol–water partition coefficient (Wildman–Crippen LogP) is 4.16. The van der Waals surface area contributed by atoms with Gasteiger partial charge in [0.2, 0.25) is 0 Å². The number of hydrogen-bond acceptors (Lipinski definition) is 1. The Bertz CT molecular complexity index is 393. The molecule has 1 aliphatic carbocycles. The molecule has 0 bridgehead atoms. The summed E-state index contributed by atoms with van der Waals surface area (Å²) in [6.07, 6.45) is 3.76. The van der Waals surface area contributed by atoms with Crippen molar-refractivity contribution in [3.63, 3.8) is 0 Å². The fourth-order valence-electron chi connectivity index (χ4n) is 3.05. The smallest absolute Gasteiger partial charge is 0.00118 e. The van der Waals surface area contributed by atoms with Crippen LogP contribution in [0.15, 0.2) is 24.3 Å². The topological polar surface area (TPSA) is 12.0 Å². The molecule has 0 heterocycles. The molecule has 1 heteroatoms. The Morgan fingerprint density at radius 2 is 1.95 bits per heavy atom. The van der Waals surface area contributed by atoms with Gasteiger partial charge in [-0.2, -0.15) is 0 Å². The van der Waals surface area contributed by atoms with Crippen molar-refractivity contribution in [3.8, 4) is 0 Å². The van der Waals surface area contributed by atoms with Crippen LogP contribution in [-0.4, -0.2) is 13.1 Å². The Morgan fingerprint density at radius 3 is 2.53 bits per heavy atom. The zero-order chi connectivity index (χ0) is 13.9. The van der Waals surface area contributed by atoms with E-state index in [2.05, 4.69) is 57.3 Å². The highest BCUT2D eigenvalue weighted by molar-refractivity contribution is 5.35. The zero-order valence-electron chi connectivity index (χ0n) is 13.0. The molecule has 2 unspecified atom stereocenters. The highest BCUT2D eigenvalue weighted by Crippen LogP contribution is 2.53. The highest BCUT2D eigenvalue weighted by atomic mass is 14.9. The van der Waals surface area contributed by atoms with Gasteiger partial charge in [0.1, 0.15) is 0 Å². The van der Waals surface area contributed by atoms with Crippen LogP contribution in [0.4, 0.5) is 0 Å². The third-order valence-corrected chi connectivity index (χ3v) is 4.49. The fourth-order valence-corrected chi connectivity index (χ4v) is 3.05. The largest absolute Gasteiger partial charge is 0.316 e. The first-order valence-electron chi connectivity index (χ1n) is 7.86. The molecule has 1 aliphatic rings. The standard InChI is InChI=1S/C18H29N/c1-5-10-19-13-17-12-18(17,4)16-8-6-15(7-9-16)11-14(2)3/h6-9,14,17,19H,5,10-13H2,1-4H3. The summed E-state index contributed by atoms with van der Waals surface area (Å²) in [5.41, 5.74) is 3.43. The molecule has 0 amide bonds. The van der Waals surface area contributed by atoms with E-state index in [0.29, 0.717) is 5.41 Å². The van der Waals surface area contributed by atoms with E-state index in [4.69, 9.17) is 0 Å². The van der Waals surface area contributed by atoms with Crippen LogP contribution in [0, 0.1) is 11.8 Å². The second kappa shape index (κ2) is 6.09. The molecule has 0 aromatic heterocycles. The molecule has 106 valence electrons. The van der Waals surface area contributed by atoms with Crippen molar-refractivity contribution in [2.24, 2.45) is 11.8 Å². The van der Waals surface area contributed by atoms with Crippen LogP contribution in [0.25, 0.3) is 0 Å². The highest BCUT2D eigenvalue weighted by Gasteiger charge is 2.50. The van der Waals surface area contributed by atoms with Crippen LogP contribution >= 0.6 is 0 Å². The van der Waals surface area contributed by atoms with Gasteiger partial charge < -0.3 is 5.32 Å². The van der Waals surface area contributed by atoms with Crippen molar-refractivity contribution >= 4 is 0 Å². The van der Waals surface area contributed by atoms with Crippen LogP contribution in [0.2, 0.25) is 0 Å². The average Bonchev–Trinajstić information content (AvgIpc) is 3.02. The third-order valence-electron chi connectivity index (χ3n) is 4.49. The van der Waals surface area contributed by atoms with E-state index in [0.717, 1.165) is 18.4 Å². The maximum atomic E-state index is 3.56. The van der Waals surface area contributed by atoms with E-state index in [-0.39, 0.29) is 0 Å². The van der Waals surface area contributed by atoms with Crippen molar-refractivity contribution in [2.45, 2.75) is 52.4 Å². The van der Waals surface area contributed by atoms with Gasteiger partial charge in [0.05, 0.1) is 0 Å². The van der Waals surface area contributed by atoms with E-state index in [9.17, 15) is 0 Å². The monoisotopic (exact) mass is 259 g/mol. The van der Waals surface area contributed by atoms with E-state index in [1.54, 1.807) is 0 Å². The molecule has 1 aromatic rings. The minimum atomic E-state index is 0.428. The van der Waals surface area contributed by atoms with Gasteiger partial charge in [-0.25, -0.2) is 0 Å². The van der Waals surface area contributed by atoms with Gasteiger partial charge >= 0.3 is 0 Å². The molecule has 2 atom stereocenters. The van der Waals surface area contributed by atoms with Crippen molar-refractivity contribution < 1.29 is 0 Å². The van der Waals surface area contributed by atoms with Crippen molar-refractivity contribution in [3.05, 3.63) is 35.4 Å². The lowest BCUT2D eigenvalue weighted by Crippen LogP contribution is -2.20. The first-order valence-corrected chi connectivity index (χ1v) is 7.86. The van der Waals surface area contributed by atoms with Crippen molar-refractivity contribution in [2.75, 3.05) is 13.1 Å². The minimum Gasteiger partial charge on any atom is -0.316 e. The van der Waals surface area contributed by atoms with E-state index < -0.39 is 0 Å². The number of nitrogens with one attached hydrogen (secondary N) is 1. The first-order chi connectivity index (χ1) is 9.06. The van der Waals surface area contributed by atoms with Crippen LogP contribution in [0.3, 0.4) is 0 Å². The molecule has 0 aliphatic heterocycles. The molecule has 0 spiro atoms. The lowest BCUT2D eigenvalue weighted by molar-refractivity contribution is 0.575.